The second-order valence-electron chi connectivity index (χ2n) is 13.7. The largest absolute Gasteiger partial charge is 0.481 e. The molecule has 10 heteroatoms. The highest BCUT2D eigenvalue weighted by molar-refractivity contribution is 5.67. The lowest BCUT2D eigenvalue weighted by Gasteiger charge is -2.40. The molecule has 44 heavy (non-hydrogen) atoms. The van der Waals surface area contributed by atoms with E-state index < -0.39 is 23.1 Å². The lowest BCUT2D eigenvalue weighted by atomic mass is 9.68. The van der Waals surface area contributed by atoms with Crippen LogP contribution in [0.1, 0.15) is 81.1 Å². The Kier molecular flexibility index (Phi) is 18.2. The van der Waals surface area contributed by atoms with E-state index >= 15 is 0 Å². The van der Waals surface area contributed by atoms with Crippen molar-refractivity contribution in [2.75, 3.05) is 39.6 Å². The molecule has 0 saturated carbocycles. The number of aliphatic hydroxyl groups excluding tert-OH is 2. The maximum absolute atomic E-state index is 10.5. The van der Waals surface area contributed by atoms with Gasteiger partial charge in [-0.25, -0.2) is 0 Å². The molecule has 2 aliphatic rings. The van der Waals surface area contributed by atoms with E-state index in [1.165, 1.54) is 0 Å². The lowest BCUT2D eigenvalue weighted by molar-refractivity contribution is -0.138. The molecule has 0 spiro atoms. The van der Waals surface area contributed by atoms with Crippen molar-refractivity contribution < 1.29 is 49.7 Å². The summed E-state index contributed by atoms with van der Waals surface area (Å²) in [7, 11) is 0. The lowest BCUT2D eigenvalue weighted by Crippen LogP contribution is -2.41. The zero-order valence-electron chi connectivity index (χ0n) is 28.0. The Balaban J connectivity index is 0.000000655. The Labute approximate surface area is 263 Å². The highest BCUT2D eigenvalue weighted by Gasteiger charge is 2.39. The van der Waals surface area contributed by atoms with E-state index in [0.717, 1.165) is 11.1 Å². The summed E-state index contributed by atoms with van der Waals surface area (Å²) in [6.07, 6.45) is 12.6. The summed E-state index contributed by atoms with van der Waals surface area (Å²) in [6.45, 7) is 17.8. The Hall–Kier alpha value is -2.34. The molecule has 2 rings (SSSR count). The summed E-state index contributed by atoms with van der Waals surface area (Å²) in [4.78, 5) is 21.1. The molecule has 0 saturated heterocycles. The van der Waals surface area contributed by atoms with Crippen LogP contribution >= 0.6 is 0 Å². The Bertz CT molecular complexity index is 911. The number of carbonyl (C=O) groups is 2. The van der Waals surface area contributed by atoms with Crippen molar-refractivity contribution in [3.8, 4) is 0 Å². The summed E-state index contributed by atoms with van der Waals surface area (Å²) in [5.74, 6) is -1.57. The Morgan fingerprint density at radius 1 is 0.682 bits per heavy atom. The van der Waals surface area contributed by atoms with Crippen molar-refractivity contribution in [1.29, 1.82) is 0 Å². The molecule has 0 fully saturated rings. The molecule has 0 amide bonds. The molecule has 2 aliphatic carbocycles. The van der Waals surface area contributed by atoms with E-state index in [9.17, 15) is 19.8 Å². The molecule has 254 valence electrons. The Morgan fingerprint density at radius 2 is 1.00 bits per heavy atom. The summed E-state index contributed by atoms with van der Waals surface area (Å²) < 4.78 is 9.75. The number of hydrogen-bond donors (Lipinski definition) is 6. The smallest absolute Gasteiger partial charge is 0.303 e. The van der Waals surface area contributed by atoms with Crippen LogP contribution in [-0.4, -0.2) is 93.4 Å². The van der Waals surface area contributed by atoms with Crippen LogP contribution in [0.2, 0.25) is 0 Å². The minimum absolute atomic E-state index is 0.00351. The zero-order valence-corrected chi connectivity index (χ0v) is 28.0. The average Bonchev–Trinajstić information content (AvgIpc) is 2.88. The first-order valence-electron chi connectivity index (χ1n) is 15.2. The predicted octanol–water partition coefficient (Wildman–Crippen LogP) is 4.53. The van der Waals surface area contributed by atoms with Crippen molar-refractivity contribution >= 4 is 11.9 Å². The van der Waals surface area contributed by atoms with Gasteiger partial charge in [0.1, 0.15) is 0 Å². The van der Waals surface area contributed by atoms with Crippen molar-refractivity contribution in [3.05, 3.63) is 47.6 Å². The van der Waals surface area contributed by atoms with Crippen LogP contribution in [-0.2, 0) is 19.1 Å². The topological polar surface area (TPSA) is 174 Å². The van der Waals surface area contributed by atoms with Gasteiger partial charge in [-0.05, 0) is 37.5 Å². The van der Waals surface area contributed by atoms with Crippen LogP contribution in [0.15, 0.2) is 47.6 Å². The first-order chi connectivity index (χ1) is 20.2. The van der Waals surface area contributed by atoms with Gasteiger partial charge in [0.15, 0.2) is 0 Å². The van der Waals surface area contributed by atoms with Crippen molar-refractivity contribution in [2.24, 2.45) is 22.7 Å². The van der Waals surface area contributed by atoms with Gasteiger partial charge in [0.05, 0.1) is 50.8 Å². The van der Waals surface area contributed by atoms with E-state index in [0.29, 0.717) is 39.3 Å². The molecule has 4 unspecified atom stereocenters. The second-order valence-corrected chi connectivity index (χ2v) is 13.7. The van der Waals surface area contributed by atoms with E-state index in [1.807, 2.05) is 24.3 Å². The van der Waals surface area contributed by atoms with Gasteiger partial charge in [-0.1, -0.05) is 89.1 Å². The maximum atomic E-state index is 10.5. The molecule has 0 heterocycles. The maximum Gasteiger partial charge on any atom is 0.303 e. The second kappa shape index (κ2) is 19.2. The van der Waals surface area contributed by atoms with E-state index in [4.69, 9.17) is 29.9 Å². The zero-order chi connectivity index (χ0) is 34.2. The number of rotatable bonds is 13. The molecule has 0 aliphatic heterocycles. The molecule has 0 bridgehead atoms. The number of allylic oxidation sites excluding steroid dienone is 4. The van der Waals surface area contributed by atoms with E-state index in [1.54, 1.807) is 26.0 Å². The molecular formula is C34H58O10. The highest BCUT2D eigenvalue weighted by Crippen LogP contribution is 2.41. The number of carboxylic acids is 2. The molecule has 4 atom stereocenters. The fraction of sp³-hybridized carbons (Fsp3) is 0.706. The first kappa shape index (κ1) is 41.7. The third-order valence-corrected chi connectivity index (χ3v) is 7.25. The monoisotopic (exact) mass is 626 g/mol. The van der Waals surface area contributed by atoms with Gasteiger partial charge in [0.2, 0.25) is 0 Å². The van der Waals surface area contributed by atoms with Crippen molar-refractivity contribution in [2.45, 2.75) is 92.3 Å². The number of aliphatic carboxylic acids is 2. The number of ether oxygens (including phenoxy) is 2. The normalized spacial score (nSPS) is 24.7. The van der Waals surface area contributed by atoms with Crippen LogP contribution in [0.3, 0.4) is 0 Å². The number of hydrogen-bond acceptors (Lipinski definition) is 8. The Morgan fingerprint density at radius 3 is 1.25 bits per heavy atom. The molecule has 0 radical (unpaired) electrons. The van der Waals surface area contributed by atoms with E-state index in [2.05, 4.69) is 41.5 Å². The SMILES string of the molecule is CC(C)(C)C1C=C(CCC(=O)O)C=CC1(C)O.CC(C)(C)C1C=C(CCC(=O)O)C=CC1(C)O.OCCOCCOCCO. The van der Waals surface area contributed by atoms with Gasteiger partial charge in [-0.15, -0.1) is 0 Å². The molecule has 0 aromatic heterocycles. The average molecular weight is 627 g/mol. The van der Waals surface area contributed by atoms with Crippen LogP contribution in [0.25, 0.3) is 0 Å². The first-order valence-corrected chi connectivity index (χ1v) is 15.2. The summed E-state index contributed by atoms with van der Waals surface area (Å²) in [5.41, 5.74) is 0.180. The van der Waals surface area contributed by atoms with Crippen LogP contribution in [0, 0.1) is 22.7 Å². The highest BCUT2D eigenvalue weighted by atomic mass is 16.5. The molecule has 0 aromatic carbocycles. The summed E-state index contributed by atoms with van der Waals surface area (Å²) in [5, 5.41) is 54.5. The van der Waals surface area contributed by atoms with Gasteiger partial charge < -0.3 is 40.1 Å². The third kappa shape index (κ3) is 17.2. The predicted molar refractivity (Wildman–Crippen MR) is 171 cm³/mol. The minimum Gasteiger partial charge on any atom is -0.481 e. The fourth-order valence-corrected chi connectivity index (χ4v) is 5.18. The van der Waals surface area contributed by atoms with Gasteiger partial charge in [-0.3, -0.25) is 9.59 Å². The third-order valence-electron chi connectivity index (χ3n) is 7.25. The standard InChI is InChI=1S/2C14H22O3.C6H14O4/c2*1-13(2,3)11-9-10(5-6-12(15)16)7-8-14(11,4)17;7-1-3-9-5-6-10-4-2-8/h2*7-9,11,17H,5-6H2,1-4H3,(H,15,16);7-8H,1-6H2. The van der Waals surface area contributed by atoms with Gasteiger partial charge in [-0.2, -0.15) is 0 Å². The van der Waals surface area contributed by atoms with Crippen LogP contribution < -0.4 is 0 Å². The van der Waals surface area contributed by atoms with Crippen LogP contribution in [0.4, 0.5) is 0 Å². The number of aliphatic hydroxyl groups is 4. The van der Waals surface area contributed by atoms with Gasteiger partial charge in [0, 0.05) is 24.7 Å². The minimum atomic E-state index is -0.856. The van der Waals surface area contributed by atoms with Gasteiger partial charge in [0.25, 0.3) is 0 Å². The molecular weight excluding hydrogens is 568 g/mol. The quantitative estimate of drug-likeness (QED) is 0.160. The van der Waals surface area contributed by atoms with Gasteiger partial charge >= 0.3 is 11.9 Å². The molecule has 6 N–H and O–H groups in total. The summed E-state index contributed by atoms with van der Waals surface area (Å²) >= 11 is 0. The van der Waals surface area contributed by atoms with E-state index in [-0.39, 0.29) is 48.7 Å². The summed E-state index contributed by atoms with van der Waals surface area (Å²) in [6, 6.07) is 0. The van der Waals surface area contributed by atoms with Crippen molar-refractivity contribution in [1.82, 2.24) is 0 Å². The molecule has 0 aromatic rings. The number of carboxylic acid groups (broad SMARTS) is 2. The fourth-order valence-electron chi connectivity index (χ4n) is 5.18. The van der Waals surface area contributed by atoms with Crippen LogP contribution in [0.5, 0.6) is 0 Å². The van der Waals surface area contributed by atoms with Crippen molar-refractivity contribution in [3.63, 3.8) is 0 Å². The molecule has 10 nitrogen and oxygen atoms in total.